The summed E-state index contributed by atoms with van der Waals surface area (Å²) in [6, 6.07) is 0. The first-order valence-corrected chi connectivity index (χ1v) is 12.8. The van der Waals surface area contributed by atoms with Crippen molar-refractivity contribution in [1.82, 2.24) is 4.90 Å². The Labute approximate surface area is 186 Å². The van der Waals surface area contributed by atoms with Crippen molar-refractivity contribution >= 4 is 11.9 Å². The van der Waals surface area contributed by atoms with Crippen molar-refractivity contribution in [3.63, 3.8) is 0 Å². The zero-order chi connectivity index (χ0) is 22.3. The Hall–Kier alpha value is -1.32. The van der Waals surface area contributed by atoms with Crippen molar-refractivity contribution in [3.05, 3.63) is 12.2 Å². The van der Waals surface area contributed by atoms with Gasteiger partial charge in [0, 0.05) is 25.9 Å². The van der Waals surface area contributed by atoms with Crippen molar-refractivity contribution in [2.24, 2.45) is 0 Å². The van der Waals surface area contributed by atoms with Crippen LogP contribution in [0.4, 0.5) is 0 Å². The highest BCUT2D eigenvalue weighted by Crippen LogP contribution is 2.12. The molecule has 0 unspecified atom stereocenters. The van der Waals surface area contributed by atoms with Crippen LogP contribution in [0.1, 0.15) is 129 Å². The van der Waals surface area contributed by atoms with E-state index in [9.17, 15) is 9.59 Å². The Balaban J connectivity index is 0.000000564. The second-order valence-electron chi connectivity index (χ2n) is 8.57. The minimum atomic E-state index is -0.668. The van der Waals surface area contributed by atoms with E-state index in [4.69, 9.17) is 5.11 Å². The molecule has 4 heteroatoms. The average Bonchev–Trinajstić information content (AvgIpc) is 3.14. The first-order chi connectivity index (χ1) is 14.6. The van der Waals surface area contributed by atoms with Gasteiger partial charge in [0.15, 0.2) is 0 Å². The molecule has 0 saturated carbocycles. The Morgan fingerprint density at radius 1 is 0.833 bits per heavy atom. The molecule has 1 rings (SSSR count). The molecule has 1 heterocycles. The van der Waals surface area contributed by atoms with Crippen molar-refractivity contribution in [1.29, 1.82) is 0 Å². The highest BCUT2D eigenvalue weighted by molar-refractivity contribution is 5.77. The van der Waals surface area contributed by atoms with E-state index in [1.54, 1.807) is 0 Å². The molecule has 176 valence electrons. The van der Waals surface area contributed by atoms with Crippen LogP contribution in [0.5, 0.6) is 0 Å². The van der Waals surface area contributed by atoms with Crippen LogP contribution in [-0.2, 0) is 9.59 Å². The minimum Gasteiger partial charge on any atom is -0.481 e. The number of hydrogen-bond donors (Lipinski definition) is 1. The van der Waals surface area contributed by atoms with Crippen LogP contribution < -0.4 is 0 Å². The fourth-order valence-electron chi connectivity index (χ4n) is 3.65. The molecule has 0 aromatic carbocycles. The van der Waals surface area contributed by atoms with Crippen molar-refractivity contribution in [3.8, 4) is 0 Å². The molecule has 1 aliphatic heterocycles. The number of nitrogens with zero attached hydrogens (tertiary/aromatic N) is 1. The van der Waals surface area contributed by atoms with Crippen molar-refractivity contribution in [2.75, 3.05) is 13.1 Å². The van der Waals surface area contributed by atoms with Crippen LogP contribution in [0.3, 0.4) is 0 Å². The molecule has 1 amide bonds. The topological polar surface area (TPSA) is 57.6 Å². The highest BCUT2D eigenvalue weighted by Gasteiger charge is 2.18. The van der Waals surface area contributed by atoms with Gasteiger partial charge in [-0.1, -0.05) is 90.2 Å². The van der Waals surface area contributed by atoms with Gasteiger partial charge in [-0.25, -0.2) is 0 Å². The van der Waals surface area contributed by atoms with E-state index in [0.29, 0.717) is 12.3 Å². The van der Waals surface area contributed by atoms with E-state index < -0.39 is 5.97 Å². The number of amides is 1. The normalized spacial score (nSPS) is 13.7. The maximum absolute atomic E-state index is 11.3. The number of carboxylic acids is 1. The summed E-state index contributed by atoms with van der Waals surface area (Å²) in [6.45, 7) is 6.46. The summed E-state index contributed by atoms with van der Waals surface area (Å²) in [5.41, 5.74) is 0. The SMILES string of the molecule is CCCCC=CCCCCCCCC(=O)O.CCCCCCCCN1CCCC1=O. The Morgan fingerprint density at radius 2 is 1.40 bits per heavy atom. The van der Waals surface area contributed by atoms with Gasteiger partial charge in [0.1, 0.15) is 0 Å². The van der Waals surface area contributed by atoms with Crippen LogP contribution in [0, 0.1) is 0 Å². The number of likely N-dealkylation sites (tertiary alicyclic amines) is 1. The third kappa shape index (κ3) is 20.0. The summed E-state index contributed by atoms with van der Waals surface area (Å²) in [7, 11) is 0. The summed E-state index contributed by atoms with van der Waals surface area (Å²) in [4.78, 5) is 23.5. The number of carboxylic acid groups (broad SMARTS) is 1. The summed E-state index contributed by atoms with van der Waals surface area (Å²) in [5, 5.41) is 8.45. The van der Waals surface area contributed by atoms with E-state index in [1.165, 1.54) is 83.5 Å². The van der Waals surface area contributed by atoms with Crippen LogP contribution in [0.25, 0.3) is 0 Å². The van der Waals surface area contributed by atoms with Gasteiger partial charge in [-0.15, -0.1) is 0 Å². The fraction of sp³-hybridized carbons (Fsp3) is 0.846. The molecule has 0 aliphatic carbocycles. The number of hydrogen-bond acceptors (Lipinski definition) is 2. The van der Waals surface area contributed by atoms with Crippen LogP contribution in [-0.4, -0.2) is 35.0 Å². The lowest BCUT2D eigenvalue weighted by molar-refractivity contribution is -0.137. The first kappa shape index (κ1) is 28.7. The molecule has 0 atom stereocenters. The van der Waals surface area contributed by atoms with Crippen LogP contribution >= 0.6 is 0 Å². The van der Waals surface area contributed by atoms with Gasteiger partial charge in [-0.3, -0.25) is 9.59 Å². The molecule has 0 aromatic heterocycles. The van der Waals surface area contributed by atoms with Crippen LogP contribution in [0.15, 0.2) is 12.2 Å². The van der Waals surface area contributed by atoms with Gasteiger partial charge < -0.3 is 10.0 Å². The van der Waals surface area contributed by atoms with Gasteiger partial charge in [-0.05, 0) is 38.5 Å². The average molecular weight is 424 g/mol. The number of aliphatic carboxylic acids is 1. The van der Waals surface area contributed by atoms with Gasteiger partial charge >= 0.3 is 5.97 Å². The molecule has 0 spiro atoms. The Morgan fingerprint density at radius 3 is 2.00 bits per heavy atom. The third-order valence-electron chi connectivity index (χ3n) is 5.61. The number of allylic oxidation sites excluding steroid dienone is 2. The lowest BCUT2D eigenvalue weighted by Gasteiger charge is -2.14. The highest BCUT2D eigenvalue weighted by atomic mass is 16.4. The zero-order valence-corrected chi connectivity index (χ0v) is 20.0. The standard InChI is InChI=1S/C14H26O2.C12H23NO/c1-2-3-4-5-6-7-8-9-10-11-12-13-14(15)16;1-2-3-4-5-6-7-10-13-11-8-9-12(13)14/h5-6H,2-4,7-13H2,1H3,(H,15,16);2-11H2,1H3. The molecule has 1 fully saturated rings. The molecule has 1 aliphatic rings. The van der Waals surface area contributed by atoms with Gasteiger partial charge in [0.25, 0.3) is 0 Å². The van der Waals surface area contributed by atoms with E-state index in [2.05, 4.69) is 26.0 Å². The number of rotatable bonds is 18. The van der Waals surface area contributed by atoms with Crippen molar-refractivity contribution < 1.29 is 14.7 Å². The smallest absolute Gasteiger partial charge is 0.303 e. The molecule has 1 saturated heterocycles. The van der Waals surface area contributed by atoms with Gasteiger partial charge in [0.2, 0.25) is 5.91 Å². The quantitative estimate of drug-likeness (QED) is 0.183. The molecule has 0 bridgehead atoms. The predicted octanol–water partition coefficient (Wildman–Crippen LogP) is 7.52. The lowest BCUT2D eigenvalue weighted by Crippen LogP contribution is -2.25. The molecule has 30 heavy (non-hydrogen) atoms. The maximum atomic E-state index is 11.3. The van der Waals surface area contributed by atoms with E-state index in [0.717, 1.165) is 38.8 Å². The number of unbranched alkanes of at least 4 members (excludes halogenated alkanes) is 12. The summed E-state index contributed by atoms with van der Waals surface area (Å²) >= 11 is 0. The monoisotopic (exact) mass is 423 g/mol. The Kier molecular flexibility index (Phi) is 21.4. The predicted molar refractivity (Wildman–Crippen MR) is 128 cm³/mol. The van der Waals surface area contributed by atoms with E-state index in [1.807, 2.05) is 4.90 Å². The third-order valence-corrected chi connectivity index (χ3v) is 5.61. The zero-order valence-electron chi connectivity index (χ0n) is 20.0. The lowest BCUT2D eigenvalue weighted by atomic mass is 10.1. The second kappa shape index (κ2) is 22.4. The largest absolute Gasteiger partial charge is 0.481 e. The molecular formula is C26H49NO3. The molecule has 1 N–H and O–H groups in total. The number of carbonyl (C=O) groups is 2. The van der Waals surface area contributed by atoms with E-state index >= 15 is 0 Å². The van der Waals surface area contributed by atoms with Crippen molar-refractivity contribution in [2.45, 2.75) is 129 Å². The Bertz CT molecular complexity index is 434. The molecular weight excluding hydrogens is 374 g/mol. The summed E-state index contributed by atoms with van der Waals surface area (Å²) in [6.07, 6.45) is 25.2. The van der Waals surface area contributed by atoms with Gasteiger partial charge in [-0.2, -0.15) is 0 Å². The summed E-state index contributed by atoms with van der Waals surface area (Å²) < 4.78 is 0. The number of carbonyl (C=O) groups excluding carboxylic acids is 1. The minimum absolute atomic E-state index is 0.330. The maximum Gasteiger partial charge on any atom is 0.303 e. The fourth-order valence-corrected chi connectivity index (χ4v) is 3.65. The molecule has 4 nitrogen and oxygen atoms in total. The summed E-state index contributed by atoms with van der Waals surface area (Å²) in [5.74, 6) is -0.294. The molecule has 0 radical (unpaired) electrons. The van der Waals surface area contributed by atoms with Crippen LogP contribution in [0.2, 0.25) is 0 Å². The van der Waals surface area contributed by atoms with E-state index in [-0.39, 0.29) is 0 Å². The second-order valence-corrected chi connectivity index (χ2v) is 8.57. The van der Waals surface area contributed by atoms with Gasteiger partial charge in [0.05, 0.1) is 0 Å². The first-order valence-electron chi connectivity index (χ1n) is 12.8. The molecule has 0 aromatic rings.